The molecule has 5 heteroatoms. The second-order valence-electron chi connectivity index (χ2n) is 4.38. The van der Waals surface area contributed by atoms with Gasteiger partial charge in [0.15, 0.2) is 5.82 Å². The number of allylic oxidation sites excluding steroid dienone is 3. The second kappa shape index (κ2) is 4.35. The molecule has 0 atom stereocenters. The molecule has 0 saturated heterocycles. The molecule has 0 amide bonds. The Morgan fingerprint density at radius 1 is 1.42 bits per heavy atom. The van der Waals surface area contributed by atoms with Gasteiger partial charge >= 0.3 is 0 Å². The van der Waals surface area contributed by atoms with Gasteiger partial charge in [-0.25, -0.2) is 4.39 Å². The summed E-state index contributed by atoms with van der Waals surface area (Å²) in [5.41, 5.74) is 1.66. The number of hydrogen-bond donors (Lipinski definition) is 1. The van der Waals surface area contributed by atoms with E-state index in [2.05, 4.69) is 5.10 Å². The number of fused-ring (bicyclic) bond motifs is 1. The summed E-state index contributed by atoms with van der Waals surface area (Å²) in [7, 11) is 1.77. The van der Waals surface area contributed by atoms with E-state index in [1.54, 1.807) is 24.0 Å². The molecule has 1 aromatic heterocycles. The van der Waals surface area contributed by atoms with Gasteiger partial charge < -0.3 is 0 Å². The molecule has 2 heterocycles. The number of hydrogen-bond acceptors (Lipinski definition) is 3. The van der Waals surface area contributed by atoms with Gasteiger partial charge in [-0.1, -0.05) is 17.8 Å². The smallest absolute Gasteiger partial charge is 0.151 e. The Hall–Kier alpha value is -1.88. The zero-order valence-corrected chi connectivity index (χ0v) is 11.4. The summed E-state index contributed by atoms with van der Waals surface area (Å²) >= 11 is 1.50. The summed E-state index contributed by atoms with van der Waals surface area (Å²) in [4.78, 5) is 1.81. The van der Waals surface area contributed by atoms with E-state index < -0.39 is 0 Å². The zero-order chi connectivity index (χ0) is 13.6. The van der Waals surface area contributed by atoms with Crippen LogP contribution in [0.5, 0.6) is 0 Å². The summed E-state index contributed by atoms with van der Waals surface area (Å²) < 4.78 is 15.6. The molecule has 1 aliphatic heterocycles. The van der Waals surface area contributed by atoms with Crippen LogP contribution in [0.15, 0.2) is 35.4 Å². The largest absolute Gasteiger partial charge is 0.300 e. The molecule has 1 N–H and O–H groups in total. The van der Waals surface area contributed by atoms with E-state index in [0.717, 1.165) is 20.8 Å². The van der Waals surface area contributed by atoms with Crippen molar-refractivity contribution in [3.63, 3.8) is 0 Å². The number of aryl methyl sites for hydroxylation is 1. The Morgan fingerprint density at radius 3 is 2.89 bits per heavy atom. The van der Waals surface area contributed by atoms with Crippen LogP contribution in [0.1, 0.15) is 12.5 Å². The highest BCUT2D eigenvalue weighted by Gasteiger charge is 2.19. The van der Waals surface area contributed by atoms with Crippen molar-refractivity contribution in [2.24, 2.45) is 7.05 Å². The summed E-state index contributed by atoms with van der Waals surface area (Å²) in [6.45, 7) is 1.90. The van der Waals surface area contributed by atoms with Crippen LogP contribution in [0.4, 0.5) is 4.39 Å². The number of aromatic nitrogens is 2. The van der Waals surface area contributed by atoms with Gasteiger partial charge in [-0.05, 0) is 30.7 Å². The Morgan fingerprint density at radius 2 is 2.21 bits per heavy atom. The van der Waals surface area contributed by atoms with E-state index in [-0.39, 0.29) is 5.82 Å². The third kappa shape index (κ3) is 2.00. The minimum absolute atomic E-state index is 0.324. The van der Waals surface area contributed by atoms with Crippen molar-refractivity contribution in [1.29, 1.82) is 5.41 Å². The van der Waals surface area contributed by atoms with Crippen molar-refractivity contribution in [1.82, 2.24) is 9.78 Å². The van der Waals surface area contributed by atoms with Crippen LogP contribution < -0.4 is 0 Å². The maximum absolute atomic E-state index is 14.0. The Bertz CT molecular complexity index is 755. The van der Waals surface area contributed by atoms with Crippen molar-refractivity contribution in [2.45, 2.75) is 6.92 Å². The van der Waals surface area contributed by atoms with E-state index in [1.807, 2.05) is 19.1 Å². The molecule has 0 aliphatic carbocycles. The number of thioether (sulfide) groups is 1. The van der Waals surface area contributed by atoms with Gasteiger partial charge in [-0.15, -0.1) is 0 Å². The van der Waals surface area contributed by atoms with Gasteiger partial charge in [0.2, 0.25) is 0 Å². The molecule has 1 aliphatic rings. The third-order valence-electron chi connectivity index (χ3n) is 2.98. The molecule has 3 rings (SSSR count). The molecule has 0 saturated carbocycles. The van der Waals surface area contributed by atoms with Gasteiger partial charge in [0, 0.05) is 28.4 Å². The predicted octanol–water partition coefficient (Wildman–Crippen LogP) is 3.72. The summed E-state index contributed by atoms with van der Waals surface area (Å²) in [5, 5.41) is 12.7. The Balaban J connectivity index is 2.12. The molecule has 0 unspecified atom stereocenters. The van der Waals surface area contributed by atoms with Crippen LogP contribution in [-0.2, 0) is 7.05 Å². The first-order valence-electron chi connectivity index (χ1n) is 5.86. The van der Waals surface area contributed by atoms with Crippen molar-refractivity contribution in [3.8, 4) is 0 Å². The first kappa shape index (κ1) is 12.2. The van der Waals surface area contributed by atoms with Crippen LogP contribution in [0.3, 0.4) is 0 Å². The highest BCUT2D eigenvalue weighted by molar-refractivity contribution is 8.13. The van der Waals surface area contributed by atoms with Crippen molar-refractivity contribution < 1.29 is 4.39 Å². The van der Waals surface area contributed by atoms with Crippen LogP contribution >= 0.6 is 11.8 Å². The number of benzene rings is 1. The Kier molecular flexibility index (Phi) is 2.78. The molecular formula is C14H12FN3S. The number of rotatable bonds is 1. The predicted molar refractivity (Wildman–Crippen MR) is 77.7 cm³/mol. The monoisotopic (exact) mass is 273 g/mol. The summed E-state index contributed by atoms with van der Waals surface area (Å²) in [6, 6.07) is 3.40. The first-order chi connectivity index (χ1) is 9.08. The number of halogens is 1. The molecule has 0 fully saturated rings. The lowest BCUT2D eigenvalue weighted by molar-refractivity contribution is 0.632. The third-order valence-corrected chi connectivity index (χ3v) is 4.23. The maximum Gasteiger partial charge on any atom is 0.151 e. The van der Waals surface area contributed by atoms with Crippen molar-refractivity contribution in [3.05, 3.63) is 46.8 Å². The average molecular weight is 273 g/mol. The molecule has 96 valence electrons. The number of nitrogens with zero attached hydrogens (tertiary/aromatic N) is 2. The van der Waals surface area contributed by atoms with Gasteiger partial charge in [-0.2, -0.15) is 5.10 Å². The lowest BCUT2D eigenvalue weighted by atomic mass is 10.1. The molecule has 0 spiro atoms. The topological polar surface area (TPSA) is 41.7 Å². The lowest BCUT2D eigenvalue weighted by Gasteiger charge is -2.02. The SMILES string of the molecule is C/C=C1/SC(c2cc(F)c3nn(C)cc3c2)=CC1=N. The standard InChI is InChI=1S/C14H12FN3S/c1-3-12-11(16)6-13(19-12)8-4-9-7-18(2)17-14(9)10(15)5-8/h3-7,16H,1-2H3/b12-3+,16-11?. The fourth-order valence-corrected chi connectivity index (χ4v) is 3.05. The van der Waals surface area contributed by atoms with Crippen LogP contribution in [0.2, 0.25) is 0 Å². The van der Waals surface area contributed by atoms with E-state index >= 15 is 0 Å². The molecule has 1 aromatic carbocycles. The normalized spacial score (nSPS) is 17.5. The average Bonchev–Trinajstić information content (AvgIpc) is 2.91. The first-order valence-corrected chi connectivity index (χ1v) is 6.68. The summed E-state index contributed by atoms with van der Waals surface area (Å²) in [5.74, 6) is -0.324. The molecule has 0 bridgehead atoms. The van der Waals surface area contributed by atoms with Gasteiger partial charge in [0.1, 0.15) is 5.52 Å². The van der Waals surface area contributed by atoms with E-state index in [0.29, 0.717) is 11.2 Å². The van der Waals surface area contributed by atoms with Gasteiger partial charge in [-0.3, -0.25) is 10.1 Å². The minimum Gasteiger partial charge on any atom is -0.300 e. The quantitative estimate of drug-likeness (QED) is 0.860. The van der Waals surface area contributed by atoms with Crippen LogP contribution in [0, 0.1) is 11.2 Å². The minimum atomic E-state index is -0.324. The number of nitrogens with one attached hydrogen (secondary N) is 1. The summed E-state index contributed by atoms with van der Waals surface area (Å²) in [6.07, 6.45) is 5.47. The fraction of sp³-hybridized carbons (Fsp3) is 0.143. The van der Waals surface area contributed by atoms with E-state index in [9.17, 15) is 4.39 Å². The highest BCUT2D eigenvalue weighted by Crippen LogP contribution is 2.41. The van der Waals surface area contributed by atoms with Crippen molar-refractivity contribution >= 4 is 33.3 Å². The van der Waals surface area contributed by atoms with E-state index in [1.165, 1.54) is 17.8 Å². The van der Waals surface area contributed by atoms with Crippen LogP contribution in [-0.4, -0.2) is 15.5 Å². The molecule has 19 heavy (non-hydrogen) atoms. The molecular weight excluding hydrogens is 261 g/mol. The van der Waals surface area contributed by atoms with E-state index in [4.69, 9.17) is 5.41 Å². The zero-order valence-electron chi connectivity index (χ0n) is 10.6. The lowest BCUT2D eigenvalue weighted by Crippen LogP contribution is -1.87. The van der Waals surface area contributed by atoms with Crippen molar-refractivity contribution in [2.75, 3.05) is 0 Å². The molecule has 2 aromatic rings. The Labute approximate surface area is 114 Å². The molecule has 3 nitrogen and oxygen atoms in total. The highest BCUT2D eigenvalue weighted by atomic mass is 32.2. The second-order valence-corrected chi connectivity index (χ2v) is 5.46. The maximum atomic E-state index is 14.0. The van der Waals surface area contributed by atoms with Gasteiger partial charge in [0.05, 0.1) is 5.71 Å². The fourth-order valence-electron chi connectivity index (χ4n) is 2.12. The van der Waals surface area contributed by atoms with Gasteiger partial charge in [0.25, 0.3) is 0 Å². The van der Waals surface area contributed by atoms with Crippen LogP contribution in [0.25, 0.3) is 15.8 Å². The molecule has 0 radical (unpaired) electrons.